The van der Waals surface area contributed by atoms with Gasteiger partial charge in [0.25, 0.3) is 0 Å². The summed E-state index contributed by atoms with van der Waals surface area (Å²) in [5.74, 6) is -1.13. The number of nitrogens with two attached hydrogens (primary N) is 1. The number of fused-ring (bicyclic) bond motifs is 1. The van der Waals surface area contributed by atoms with E-state index in [0.29, 0.717) is 11.2 Å². The number of ether oxygens (including phenoxy) is 2. The maximum atomic E-state index is 13.3. The van der Waals surface area contributed by atoms with Crippen LogP contribution in [0.2, 0.25) is 0 Å². The molecule has 0 saturated carbocycles. The fourth-order valence-corrected chi connectivity index (χ4v) is 5.00. The molecule has 0 aliphatic carbocycles. The van der Waals surface area contributed by atoms with Crippen LogP contribution < -0.4 is 21.7 Å². The predicted molar refractivity (Wildman–Crippen MR) is 160 cm³/mol. The Labute approximate surface area is 257 Å². The van der Waals surface area contributed by atoms with E-state index in [1.165, 1.54) is 24.1 Å². The van der Waals surface area contributed by atoms with Gasteiger partial charge in [0.1, 0.15) is 42.7 Å². The number of rotatable bonds is 11. The number of nitrogens with zero attached hydrogens (tertiary/aromatic N) is 4. The molecule has 5 rings (SSSR count). The van der Waals surface area contributed by atoms with E-state index < -0.39 is 61.1 Å². The van der Waals surface area contributed by atoms with Crippen molar-refractivity contribution in [3.63, 3.8) is 0 Å². The van der Waals surface area contributed by atoms with E-state index in [2.05, 4.69) is 30.9 Å². The van der Waals surface area contributed by atoms with Gasteiger partial charge in [-0.15, -0.1) is 0 Å². The van der Waals surface area contributed by atoms with Crippen molar-refractivity contribution in [3.05, 3.63) is 84.4 Å². The highest BCUT2D eigenvalue weighted by Gasteiger charge is 2.46. The number of hydrogen-bond donors (Lipinski definition) is 6. The van der Waals surface area contributed by atoms with E-state index >= 15 is 0 Å². The summed E-state index contributed by atoms with van der Waals surface area (Å²) in [5, 5.41) is 29.0. The number of aliphatic hydroxyl groups is 2. The second-order valence-electron chi connectivity index (χ2n) is 10.5. The van der Waals surface area contributed by atoms with Crippen LogP contribution in [-0.4, -0.2) is 84.6 Å². The van der Waals surface area contributed by atoms with Gasteiger partial charge in [-0.05, 0) is 18.1 Å². The molecule has 0 spiro atoms. The summed E-state index contributed by atoms with van der Waals surface area (Å²) >= 11 is 0. The molecular formula is C30H34N8O7. The van der Waals surface area contributed by atoms with Crippen LogP contribution in [0.5, 0.6) is 0 Å². The normalized spacial score (nSPS) is 20.7. The molecule has 15 heteroatoms. The van der Waals surface area contributed by atoms with Gasteiger partial charge in [-0.3, -0.25) is 14.2 Å². The molecule has 15 nitrogen and oxygen atoms in total. The highest BCUT2D eigenvalue weighted by atomic mass is 16.6. The number of alkyl carbamates (subject to hydrolysis) is 1. The molecule has 45 heavy (non-hydrogen) atoms. The number of carbonyl (C=O) groups excluding carboxylic acids is 3. The van der Waals surface area contributed by atoms with Crippen molar-refractivity contribution < 1.29 is 34.1 Å². The summed E-state index contributed by atoms with van der Waals surface area (Å²) < 4.78 is 12.6. The lowest BCUT2D eigenvalue weighted by atomic mass is 10.0. The maximum absolute atomic E-state index is 13.3. The summed E-state index contributed by atoms with van der Waals surface area (Å²) in [7, 11) is 0. The first kappa shape index (κ1) is 31.3. The summed E-state index contributed by atoms with van der Waals surface area (Å²) in [6.45, 7) is 0.952. The molecule has 1 fully saturated rings. The van der Waals surface area contributed by atoms with Gasteiger partial charge in [0.2, 0.25) is 11.8 Å². The first-order chi connectivity index (χ1) is 21.7. The Hall–Kier alpha value is -5.12. The molecule has 1 aliphatic heterocycles. The summed E-state index contributed by atoms with van der Waals surface area (Å²) in [6, 6.07) is 15.0. The van der Waals surface area contributed by atoms with Gasteiger partial charge in [0, 0.05) is 6.42 Å². The van der Waals surface area contributed by atoms with E-state index in [9.17, 15) is 24.6 Å². The average Bonchev–Trinajstić information content (AvgIpc) is 3.61. The lowest BCUT2D eigenvalue weighted by Gasteiger charge is -2.24. The van der Waals surface area contributed by atoms with E-state index in [0.717, 1.165) is 11.1 Å². The number of hydrogen-bond acceptors (Lipinski definition) is 11. The number of imidazole rings is 1. The van der Waals surface area contributed by atoms with Gasteiger partial charge in [-0.1, -0.05) is 60.7 Å². The topological polar surface area (TPSA) is 216 Å². The molecular weight excluding hydrogens is 584 g/mol. The Morgan fingerprint density at radius 1 is 1.00 bits per heavy atom. The molecule has 4 aromatic rings. The van der Waals surface area contributed by atoms with Crippen LogP contribution in [0.4, 0.5) is 10.6 Å². The Bertz CT molecular complexity index is 1620. The van der Waals surface area contributed by atoms with Gasteiger partial charge in [-0.2, -0.15) is 0 Å². The largest absolute Gasteiger partial charge is 0.445 e. The Morgan fingerprint density at radius 2 is 1.69 bits per heavy atom. The quantitative estimate of drug-likeness (QED) is 0.133. The molecule has 0 radical (unpaired) electrons. The molecule has 0 bridgehead atoms. The monoisotopic (exact) mass is 618 g/mol. The third kappa shape index (κ3) is 7.34. The van der Waals surface area contributed by atoms with E-state index in [-0.39, 0.29) is 18.8 Å². The van der Waals surface area contributed by atoms with Crippen LogP contribution in [0.15, 0.2) is 73.3 Å². The minimum absolute atomic E-state index is 0.0131. The molecule has 2 aromatic heterocycles. The van der Waals surface area contributed by atoms with Gasteiger partial charge in [0.15, 0.2) is 17.7 Å². The maximum Gasteiger partial charge on any atom is 0.408 e. The van der Waals surface area contributed by atoms with Gasteiger partial charge >= 0.3 is 6.09 Å². The zero-order chi connectivity index (χ0) is 31.9. The van der Waals surface area contributed by atoms with E-state index in [4.69, 9.17) is 15.2 Å². The lowest BCUT2D eigenvalue weighted by Crippen LogP contribution is -2.57. The smallest absolute Gasteiger partial charge is 0.408 e. The molecule has 3 amide bonds. The number of amides is 3. The van der Waals surface area contributed by atoms with Crippen LogP contribution in [0.1, 0.15) is 24.3 Å². The van der Waals surface area contributed by atoms with Crippen LogP contribution in [0.3, 0.4) is 0 Å². The summed E-state index contributed by atoms with van der Waals surface area (Å²) in [4.78, 5) is 51.4. The Balaban J connectivity index is 1.23. The van der Waals surface area contributed by atoms with Crippen molar-refractivity contribution in [2.24, 2.45) is 0 Å². The summed E-state index contributed by atoms with van der Waals surface area (Å²) in [5.41, 5.74) is 8.03. The van der Waals surface area contributed by atoms with Crippen LogP contribution in [0.25, 0.3) is 11.2 Å². The number of aromatic nitrogens is 4. The minimum atomic E-state index is -1.32. The number of benzene rings is 2. The van der Waals surface area contributed by atoms with Crippen LogP contribution in [-0.2, 0) is 32.1 Å². The number of nitrogens with one attached hydrogen (secondary N) is 3. The third-order valence-corrected chi connectivity index (χ3v) is 7.38. The first-order valence-electron chi connectivity index (χ1n) is 14.2. The number of aliphatic hydroxyl groups excluding tert-OH is 2. The number of anilines is 1. The highest BCUT2D eigenvalue weighted by Crippen LogP contribution is 2.32. The molecule has 2 aromatic carbocycles. The number of nitrogen functional groups attached to an aromatic ring is 1. The zero-order valence-corrected chi connectivity index (χ0v) is 24.3. The van der Waals surface area contributed by atoms with E-state index in [1.54, 1.807) is 12.1 Å². The SMILES string of the molecule is CC(NC(=O)C(Cc1ccccc1)NC(=O)OCc1ccccc1)C(=O)N[C@H]1[C@H](O)[C@H](n2cnc3c(N)ncnc32)O[C@@H]1CO. The Morgan fingerprint density at radius 3 is 2.38 bits per heavy atom. The standard InChI is InChI=1S/C30H34N8O7/c1-17(27(41)37-22-21(13-39)45-29(24(22)40)38-16-34-23-25(31)32-15-33-26(23)38)35-28(42)20(12-18-8-4-2-5-9-18)36-30(43)44-14-19-10-6-3-7-11-19/h2-11,15-17,20-22,24,29,39-40H,12-14H2,1H3,(H,35,42)(H,36,43)(H,37,41)(H2,31,32,33)/t17?,20?,21-,22-,24+,29-/m1/s1. The molecule has 1 aliphatic rings. The van der Waals surface area contributed by atoms with E-state index in [1.807, 2.05) is 48.5 Å². The number of carbonyl (C=O) groups is 3. The first-order valence-corrected chi connectivity index (χ1v) is 14.2. The van der Waals surface area contributed by atoms with Crippen molar-refractivity contribution in [2.75, 3.05) is 12.3 Å². The van der Waals surface area contributed by atoms with Gasteiger partial charge < -0.3 is 41.4 Å². The highest BCUT2D eigenvalue weighted by molar-refractivity contribution is 5.91. The average molecular weight is 619 g/mol. The predicted octanol–water partition coefficient (Wildman–Crippen LogP) is 0.186. The van der Waals surface area contributed by atoms with Crippen molar-refractivity contribution in [2.45, 2.75) is 56.5 Å². The van der Waals surface area contributed by atoms with Crippen molar-refractivity contribution in [1.29, 1.82) is 0 Å². The third-order valence-electron chi connectivity index (χ3n) is 7.38. The molecule has 236 valence electrons. The van der Waals surface area contributed by atoms with Crippen molar-refractivity contribution in [3.8, 4) is 0 Å². The lowest BCUT2D eigenvalue weighted by molar-refractivity contribution is -0.130. The zero-order valence-electron chi connectivity index (χ0n) is 24.3. The minimum Gasteiger partial charge on any atom is -0.445 e. The Kier molecular flexibility index (Phi) is 9.82. The second kappa shape index (κ2) is 14.1. The molecule has 1 saturated heterocycles. The van der Waals surface area contributed by atoms with Crippen LogP contribution in [0, 0.1) is 0 Å². The van der Waals surface area contributed by atoms with Crippen molar-refractivity contribution in [1.82, 2.24) is 35.5 Å². The summed E-state index contributed by atoms with van der Waals surface area (Å²) in [6.07, 6.45) is -1.41. The molecule has 7 N–H and O–H groups in total. The molecule has 3 heterocycles. The van der Waals surface area contributed by atoms with Crippen LogP contribution >= 0.6 is 0 Å². The second-order valence-corrected chi connectivity index (χ2v) is 10.5. The molecule has 2 unspecified atom stereocenters. The fourth-order valence-electron chi connectivity index (χ4n) is 5.00. The fraction of sp³-hybridized carbons (Fsp3) is 0.333. The molecule has 6 atom stereocenters. The van der Waals surface area contributed by atoms with Gasteiger partial charge in [0.05, 0.1) is 19.0 Å². The van der Waals surface area contributed by atoms with Crippen molar-refractivity contribution >= 4 is 34.9 Å². The van der Waals surface area contributed by atoms with Gasteiger partial charge in [-0.25, -0.2) is 19.7 Å².